The molecule has 0 fully saturated rings. The summed E-state index contributed by atoms with van der Waals surface area (Å²) in [6.07, 6.45) is 4.79. The molecule has 2 N–H and O–H groups in total. The molecule has 1 heterocycles. The van der Waals surface area contributed by atoms with Gasteiger partial charge < -0.3 is 20.1 Å². The van der Waals surface area contributed by atoms with Crippen LogP contribution in [-0.4, -0.2) is 38.3 Å². The topological polar surface area (TPSA) is 67.8 Å². The molecule has 146 valence electrons. The molecule has 0 saturated heterocycles. The predicted molar refractivity (Wildman–Crippen MR) is 110 cm³/mol. The third-order valence-electron chi connectivity index (χ3n) is 4.12. The highest BCUT2D eigenvalue weighted by Crippen LogP contribution is 2.14. The second-order valence-electron chi connectivity index (χ2n) is 6.12. The zero-order valence-electron chi connectivity index (χ0n) is 16.5. The maximum Gasteiger partial charge on any atom is 0.218 e. The van der Waals surface area contributed by atoms with E-state index < -0.39 is 0 Å². The molecule has 0 atom stereocenters. The van der Waals surface area contributed by atoms with Gasteiger partial charge in [0.05, 0.1) is 13.7 Å². The zero-order valence-corrected chi connectivity index (χ0v) is 16.5. The van der Waals surface area contributed by atoms with E-state index in [4.69, 9.17) is 9.47 Å². The first-order chi connectivity index (χ1) is 13.3. The lowest BCUT2D eigenvalue weighted by Crippen LogP contribution is -2.38. The third-order valence-corrected chi connectivity index (χ3v) is 4.12. The van der Waals surface area contributed by atoms with Crippen LogP contribution in [0.25, 0.3) is 0 Å². The molecule has 0 saturated carbocycles. The lowest BCUT2D eigenvalue weighted by atomic mass is 10.1. The first kappa shape index (κ1) is 20.6. The Bertz CT molecular complexity index is 702. The van der Waals surface area contributed by atoms with Crippen LogP contribution < -0.4 is 20.1 Å². The van der Waals surface area contributed by atoms with Gasteiger partial charge in [-0.1, -0.05) is 31.5 Å². The number of pyridine rings is 1. The highest BCUT2D eigenvalue weighted by atomic mass is 16.5. The number of guanidine groups is 1. The standard InChI is InChI=1S/C21H30N4O2/c1-4-5-15-27-20-18(7-6-13-23-20)16-25-21(22-2)24-14-12-17-8-10-19(26-3)11-9-17/h6-11,13H,4-5,12,14-16H2,1-3H3,(H2,22,24,25). The summed E-state index contributed by atoms with van der Waals surface area (Å²) in [5.41, 5.74) is 2.27. The largest absolute Gasteiger partial charge is 0.497 e. The average Bonchev–Trinajstić information content (AvgIpc) is 2.72. The fraction of sp³-hybridized carbons (Fsp3) is 0.429. The monoisotopic (exact) mass is 370 g/mol. The van der Waals surface area contributed by atoms with Crippen molar-refractivity contribution in [2.45, 2.75) is 32.7 Å². The number of benzene rings is 1. The maximum absolute atomic E-state index is 5.78. The van der Waals surface area contributed by atoms with Crippen molar-refractivity contribution in [2.75, 3.05) is 27.3 Å². The Morgan fingerprint density at radius 2 is 1.96 bits per heavy atom. The third kappa shape index (κ3) is 7.17. The summed E-state index contributed by atoms with van der Waals surface area (Å²) in [6, 6.07) is 12.0. The summed E-state index contributed by atoms with van der Waals surface area (Å²) in [6.45, 7) is 4.23. The normalized spacial score (nSPS) is 11.1. The van der Waals surface area contributed by atoms with E-state index in [2.05, 4.69) is 39.7 Å². The highest BCUT2D eigenvalue weighted by Gasteiger charge is 2.06. The molecule has 0 aliphatic heterocycles. The fourth-order valence-electron chi connectivity index (χ4n) is 2.52. The van der Waals surface area contributed by atoms with Crippen molar-refractivity contribution in [1.29, 1.82) is 0 Å². The van der Waals surface area contributed by atoms with Gasteiger partial charge in [0.15, 0.2) is 5.96 Å². The lowest BCUT2D eigenvalue weighted by molar-refractivity contribution is 0.294. The van der Waals surface area contributed by atoms with Crippen molar-refractivity contribution in [3.63, 3.8) is 0 Å². The number of hydrogen-bond acceptors (Lipinski definition) is 4. The molecule has 0 amide bonds. The van der Waals surface area contributed by atoms with Gasteiger partial charge in [-0.3, -0.25) is 4.99 Å². The van der Waals surface area contributed by atoms with Crippen LogP contribution in [0.2, 0.25) is 0 Å². The maximum atomic E-state index is 5.78. The molecule has 0 spiro atoms. The molecule has 0 unspecified atom stereocenters. The Balaban J connectivity index is 1.79. The average molecular weight is 370 g/mol. The van der Waals surface area contributed by atoms with Gasteiger partial charge in [0.2, 0.25) is 5.88 Å². The van der Waals surface area contributed by atoms with Crippen LogP contribution in [0.4, 0.5) is 0 Å². The Morgan fingerprint density at radius 3 is 2.67 bits per heavy atom. The molecule has 2 aromatic rings. The number of rotatable bonds is 10. The van der Waals surface area contributed by atoms with Gasteiger partial charge in [-0.25, -0.2) is 4.98 Å². The molecule has 6 nitrogen and oxygen atoms in total. The summed E-state index contributed by atoms with van der Waals surface area (Å²) in [5, 5.41) is 6.65. The van der Waals surface area contributed by atoms with Crippen LogP contribution in [0.15, 0.2) is 47.6 Å². The van der Waals surface area contributed by atoms with E-state index >= 15 is 0 Å². The molecule has 0 aliphatic rings. The van der Waals surface area contributed by atoms with Crippen molar-refractivity contribution in [3.05, 3.63) is 53.7 Å². The van der Waals surface area contributed by atoms with Gasteiger partial charge in [0.25, 0.3) is 0 Å². The van der Waals surface area contributed by atoms with Crippen LogP contribution in [0.5, 0.6) is 11.6 Å². The summed E-state index contributed by atoms with van der Waals surface area (Å²) >= 11 is 0. The van der Waals surface area contributed by atoms with E-state index in [1.807, 2.05) is 24.3 Å². The smallest absolute Gasteiger partial charge is 0.218 e. The van der Waals surface area contributed by atoms with E-state index in [1.54, 1.807) is 20.4 Å². The summed E-state index contributed by atoms with van der Waals surface area (Å²) in [4.78, 5) is 8.62. The molecule has 2 rings (SSSR count). The molecule has 1 aromatic carbocycles. The molecule has 6 heteroatoms. The van der Waals surface area contributed by atoms with Gasteiger partial charge in [0.1, 0.15) is 5.75 Å². The van der Waals surface area contributed by atoms with Crippen molar-refractivity contribution < 1.29 is 9.47 Å². The first-order valence-electron chi connectivity index (χ1n) is 9.41. The van der Waals surface area contributed by atoms with Crippen LogP contribution in [0.3, 0.4) is 0 Å². The number of nitrogens with one attached hydrogen (secondary N) is 2. The molecular weight excluding hydrogens is 340 g/mol. The van der Waals surface area contributed by atoms with Crippen molar-refractivity contribution in [2.24, 2.45) is 4.99 Å². The second-order valence-corrected chi connectivity index (χ2v) is 6.12. The van der Waals surface area contributed by atoms with E-state index in [-0.39, 0.29) is 0 Å². The van der Waals surface area contributed by atoms with Crippen LogP contribution in [0, 0.1) is 0 Å². The molecule has 0 radical (unpaired) electrons. The SMILES string of the molecule is CCCCOc1ncccc1CNC(=NC)NCCc1ccc(OC)cc1. The zero-order chi connectivity index (χ0) is 19.3. The Labute approximate surface area is 162 Å². The quantitative estimate of drug-likeness (QED) is 0.382. The van der Waals surface area contributed by atoms with Gasteiger partial charge in [-0.05, 0) is 36.6 Å². The van der Waals surface area contributed by atoms with Crippen molar-refractivity contribution in [1.82, 2.24) is 15.6 Å². The number of methoxy groups -OCH3 is 1. The summed E-state index contributed by atoms with van der Waals surface area (Å²) in [5.74, 6) is 2.32. The number of aliphatic imine (C=N–C) groups is 1. The van der Waals surface area contributed by atoms with E-state index in [0.717, 1.165) is 43.1 Å². The summed E-state index contributed by atoms with van der Waals surface area (Å²) in [7, 11) is 3.44. The predicted octanol–water partition coefficient (Wildman–Crippen LogP) is 3.18. The van der Waals surface area contributed by atoms with Crippen LogP contribution in [0.1, 0.15) is 30.9 Å². The summed E-state index contributed by atoms with van der Waals surface area (Å²) < 4.78 is 11.0. The number of nitrogens with zero attached hydrogens (tertiary/aromatic N) is 2. The van der Waals surface area contributed by atoms with Gasteiger partial charge in [-0.15, -0.1) is 0 Å². The molecule has 1 aromatic heterocycles. The Hall–Kier alpha value is -2.76. The van der Waals surface area contributed by atoms with E-state index in [1.165, 1.54) is 5.56 Å². The minimum atomic E-state index is 0.609. The van der Waals surface area contributed by atoms with Gasteiger partial charge in [-0.2, -0.15) is 0 Å². The number of unbranched alkanes of at least 4 members (excludes halogenated alkanes) is 1. The van der Waals surface area contributed by atoms with E-state index in [0.29, 0.717) is 19.0 Å². The molecular formula is C21H30N4O2. The lowest BCUT2D eigenvalue weighted by Gasteiger charge is -2.14. The van der Waals surface area contributed by atoms with Crippen LogP contribution >= 0.6 is 0 Å². The number of hydrogen-bond donors (Lipinski definition) is 2. The van der Waals surface area contributed by atoms with E-state index in [9.17, 15) is 0 Å². The van der Waals surface area contributed by atoms with Gasteiger partial charge >= 0.3 is 0 Å². The van der Waals surface area contributed by atoms with Crippen molar-refractivity contribution in [3.8, 4) is 11.6 Å². The minimum absolute atomic E-state index is 0.609. The Kier molecular flexibility index (Phi) is 8.96. The molecule has 27 heavy (non-hydrogen) atoms. The first-order valence-corrected chi connectivity index (χ1v) is 9.41. The Morgan fingerprint density at radius 1 is 1.15 bits per heavy atom. The highest BCUT2D eigenvalue weighted by molar-refractivity contribution is 5.79. The van der Waals surface area contributed by atoms with Gasteiger partial charge in [0, 0.05) is 31.9 Å². The number of aromatic nitrogens is 1. The molecule has 0 aliphatic carbocycles. The minimum Gasteiger partial charge on any atom is -0.497 e. The number of ether oxygens (including phenoxy) is 2. The fourth-order valence-corrected chi connectivity index (χ4v) is 2.52. The van der Waals surface area contributed by atoms with Crippen LogP contribution in [-0.2, 0) is 13.0 Å². The second kappa shape index (κ2) is 11.8. The molecule has 0 bridgehead atoms. The van der Waals surface area contributed by atoms with Crippen molar-refractivity contribution >= 4 is 5.96 Å².